The minimum Gasteiger partial charge on any atom is -0.378 e. The van der Waals surface area contributed by atoms with Crippen molar-refractivity contribution in [2.45, 2.75) is 43.5 Å². The van der Waals surface area contributed by atoms with Crippen LogP contribution in [0.25, 0.3) is 0 Å². The zero-order chi connectivity index (χ0) is 11.3. The fraction of sp³-hybridized carbons (Fsp3) is 0.800. The molecule has 0 aromatic carbocycles. The van der Waals surface area contributed by atoms with Crippen LogP contribution < -0.4 is 5.14 Å². The van der Waals surface area contributed by atoms with Crippen molar-refractivity contribution >= 4 is 10.0 Å². The summed E-state index contributed by atoms with van der Waals surface area (Å²) in [6, 6.07) is 0. The molecule has 1 saturated heterocycles. The first-order valence-electron chi connectivity index (χ1n) is 5.28. The molecular formula is C10H19NO3S. The molecule has 88 valence electrons. The number of rotatable bonds is 6. The lowest BCUT2D eigenvalue weighted by molar-refractivity contribution is 0.103. The Hall–Kier alpha value is -0.390. The summed E-state index contributed by atoms with van der Waals surface area (Å²) in [6.45, 7) is 4.32. The van der Waals surface area contributed by atoms with Gasteiger partial charge in [-0.15, -0.1) is 6.58 Å². The van der Waals surface area contributed by atoms with Crippen molar-refractivity contribution < 1.29 is 13.2 Å². The molecule has 15 heavy (non-hydrogen) atoms. The number of hydrogen-bond acceptors (Lipinski definition) is 3. The summed E-state index contributed by atoms with van der Waals surface area (Å²) in [5.74, 6) is 0. The Morgan fingerprint density at radius 3 is 2.80 bits per heavy atom. The van der Waals surface area contributed by atoms with E-state index in [9.17, 15) is 8.42 Å². The van der Waals surface area contributed by atoms with E-state index in [1.807, 2.05) is 0 Å². The van der Waals surface area contributed by atoms with Gasteiger partial charge in [0.05, 0.1) is 11.4 Å². The molecule has 0 aromatic heterocycles. The molecule has 2 N–H and O–H groups in total. The Bertz CT molecular complexity index is 294. The van der Waals surface area contributed by atoms with Gasteiger partial charge < -0.3 is 4.74 Å². The van der Waals surface area contributed by atoms with Crippen LogP contribution in [-0.2, 0) is 14.8 Å². The van der Waals surface area contributed by atoms with Crippen molar-refractivity contribution in [3.63, 3.8) is 0 Å². The minimum atomic E-state index is -3.45. The largest absolute Gasteiger partial charge is 0.378 e. The van der Waals surface area contributed by atoms with E-state index >= 15 is 0 Å². The number of ether oxygens (including phenoxy) is 1. The molecular weight excluding hydrogens is 214 g/mol. The summed E-state index contributed by atoms with van der Waals surface area (Å²) in [5.41, 5.74) is 0. The molecule has 1 unspecified atom stereocenters. The molecule has 4 nitrogen and oxygen atoms in total. The molecule has 1 aliphatic rings. The number of allylic oxidation sites excluding steroid dienone is 1. The van der Waals surface area contributed by atoms with Crippen molar-refractivity contribution in [2.24, 2.45) is 5.14 Å². The molecule has 0 bridgehead atoms. The summed E-state index contributed by atoms with van der Waals surface area (Å²) >= 11 is 0. The van der Waals surface area contributed by atoms with Crippen molar-refractivity contribution in [3.05, 3.63) is 12.7 Å². The van der Waals surface area contributed by atoms with Crippen LogP contribution in [0, 0.1) is 0 Å². The normalized spacial score (nSPS) is 23.9. The lowest BCUT2D eigenvalue weighted by atomic mass is 10.1. The Morgan fingerprint density at radius 1 is 1.60 bits per heavy atom. The predicted octanol–water partition coefficient (Wildman–Crippen LogP) is 1.18. The van der Waals surface area contributed by atoms with Crippen LogP contribution in [0.2, 0.25) is 0 Å². The van der Waals surface area contributed by atoms with Gasteiger partial charge in [0.1, 0.15) is 0 Å². The van der Waals surface area contributed by atoms with E-state index < -0.39 is 15.3 Å². The van der Waals surface area contributed by atoms with Gasteiger partial charge in [0.15, 0.2) is 0 Å². The van der Waals surface area contributed by atoms with Crippen LogP contribution in [0.5, 0.6) is 0 Å². The summed E-state index contributed by atoms with van der Waals surface area (Å²) in [6.07, 6.45) is 5.48. The average molecular weight is 233 g/mol. The van der Waals surface area contributed by atoms with Crippen LogP contribution in [-0.4, -0.2) is 26.4 Å². The highest BCUT2D eigenvalue weighted by Crippen LogP contribution is 2.21. The van der Waals surface area contributed by atoms with Crippen molar-refractivity contribution in [2.75, 3.05) is 6.61 Å². The van der Waals surface area contributed by atoms with Crippen LogP contribution in [0.15, 0.2) is 12.7 Å². The molecule has 5 heteroatoms. The van der Waals surface area contributed by atoms with Gasteiger partial charge in [-0.3, -0.25) is 0 Å². The molecule has 0 spiro atoms. The second kappa shape index (κ2) is 5.63. The van der Waals surface area contributed by atoms with Gasteiger partial charge in [-0.1, -0.05) is 6.08 Å². The third-order valence-corrected chi connectivity index (χ3v) is 4.06. The van der Waals surface area contributed by atoms with Gasteiger partial charge in [0, 0.05) is 6.61 Å². The van der Waals surface area contributed by atoms with Gasteiger partial charge in [-0.05, 0) is 32.1 Å². The van der Waals surface area contributed by atoms with Crippen LogP contribution in [0.3, 0.4) is 0 Å². The molecule has 1 rings (SSSR count). The van der Waals surface area contributed by atoms with E-state index in [-0.39, 0.29) is 6.10 Å². The Kier molecular flexibility index (Phi) is 4.76. The van der Waals surface area contributed by atoms with Gasteiger partial charge in [0.25, 0.3) is 0 Å². The highest BCUT2D eigenvalue weighted by atomic mass is 32.2. The molecule has 0 aromatic rings. The molecule has 1 heterocycles. The maximum absolute atomic E-state index is 11.3. The van der Waals surface area contributed by atoms with Crippen molar-refractivity contribution in [1.29, 1.82) is 0 Å². The Morgan fingerprint density at radius 2 is 2.33 bits per heavy atom. The maximum Gasteiger partial charge on any atom is 0.212 e. The SMILES string of the molecule is C=CCCC(C[C@H]1CCCO1)S(N)(=O)=O. The molecule has 0 radical (unpaired) electrons. The number of hydrogen-bond donors (Lipinski definition) is 1. The fourth-order valence-corrected chi connectivity index (χ4v) is 2.79. The first-order chi connectivity index (χ1) is 7.04. The molecule has 0 saturated carbocycles. The topological polar surface area (TPSA) is 69.4 Å². The fourth-order valence-electron chi connectivity index (χ4n) is 1.84. The highest BCUT2D eigenvalue weighted by Gasteiger charge is 2.27. The van der Waals surface area contributed by atoms with Crippen molar-refractivity contribution in [3.8, 4) is 0 Å². The smallest absolute Gasteiger partial charge is 0.212 e. The van der Waals surface area contributed by atoms with Gasteiger partial charge in [-0.25, -0.2) is 13.6 Å². The summed E-state index contributed by atoms with van der Waals surface area (Å²) in [4.78, 5) is 0. The summed E-state index contributed by atoms with van der Waals surface area (Å²) in [5, 5.41) is 4.69. The third-order valence-electron chi connectivity index (χ3n) is 2.71. The predicted molar refractivity (Wildman–Crippen MR) is 59.9 cm³/mol. The first-order valence-corrected chi connectivity index (χ1v) is 6.89. The van der Waals surface area contributed by atoms with E-state index in [1.54, 1.807) is 6.08 Å². The van der Waals surface area contributed by atoms with Gasteiger partial charge >= 0.3 is 0 Å². The molecule has 1 fully saturated rings. The average Bonchev–Trinajstić information content (AvgIpc) is 2.62. The summed E-state index contributed by atoms with van der Waals surface area (Å²) < 4.78 is 28.0. The Labute approximate surface area is 91.5 Å². The first kappa shape index (κ1) is 12.7. The summed E-state index contributed by atoms with van der Waals surface area (Å²) in [7, 11) is -3.45. The third kappa shape index (κ3) is 4.32. The van der Waals surface area contributed by atoms with Crippen LogP contribution >= 0.6 is 0 Å². The highest BCUT2D eigenvalue weighted by molar-refractivity contribution is 7.89. The van der Waals surface area contributed by atoms with Gasteiger partial charge in [0.2, 0.25) is 10.0 Å². The van der Waals surface area contributed by atoms with Gasteiger partial charge in [-0.2, -0.15) is 0 Å². The second-order valence-electron chi connectivity index (χ2n) is 3.95. The van der Waals surface area contributed by atoms with Crippen LogP contribution in [0.4, 0.5) is 0 Å². The molecule has 0 aliphatic carbocycles. The van der Waals surface area contributed by atoms with E-state index in [4.69, 9.17) is 9.88 Å². The lowest BCUT2D eigenvalue weighted by Gasteiger charge is -2.17. The van der Waals surface area contributed by atoms with Crippen LogP contribution in [0.1, 0.15) is 32.1 Å². The Balaban J connectivity index is 2.51. The van der Waals surface area contributed by atoms with E-state index in [2.05, 4.69) is 6.58 Å². The quantitative estimate of drug-likeness (QED) is 0.700. The number of primary sulfonamides is 1. The van der Waals surface area contributed by atoms with E-state index in [1.165, 1.54) is 0 Å². The molecule has 1 aliphatic heterocycles. The number of nitrogens with two attached hydrogens (primary N) is 1. The zero-order valence-corrected chi connectivity index (χ0v) is 9.71. The monoisotopic (exact) mass is 233 g/mol. The maximum atomic E-state index is 11.3. The minimum absolute atomic E-state index is 0.0677. The molecule has 0 amide bonds. The standard InChI is InChI=1S/C10H19NO3S/c1-2-3-6-10(15(11,12)13)8-9-5-4-7-14-9/h2,9-10H,1,3-8H2,(H2,11,12,13)/t9-,10?/m1/s1. The van der Waals surface area contributed by atoms with E-state index in [0.717, 1.165) is 19.4 Å². The number of sulfonamides is 1. The van der Waals surface area contributed by atoms with E-state index in [0.29, 0.717) is 19.3 Å². The van der Waals surface area contributed by atoms with Crippen molar-refractivity contribution in [1.82, 2.24) is 0 Å². The second-order valence-corrected chi connectivity index (χ2v) is 5.79. The zero-order valence-electron chi connectivity index (χ0n) is 8.89. The lowest BCUT2D eigenvalue weighted by Crippen LogP contribution is -2.31. The molecule has 2 atom stereocenters.